The Morgan fingerprint density at radius 2 is 1.57 bits per heavy atom. The van der Waals surface area contributed by atoms with Crippen molar-refractivity contribution in [3.8, 4) is 0 Å². The first-order chi connectivity index (χ1) is 10.9. The maximum atomic E-state index is 12.2. The van der Waals surface area contributed by atoms with E-state index in [0.717, 1.165) is 11.1 Å². The standard InChI is InChI=1S/C20H23NO2/c1-19(2,3)20(16-12-8-5-9-13-16)18(21-14-17(22)23-20)15-10-6-4-7-11-15/h4-13,18,21H,14H2,1-3H3/t18-,20+/m1/s1. The number of hydrogen-bond acceptors (Lipinski definition) is 3. The first-order valence-electron chi connectivity index (χ1n) is 8.01. The van der Waals surface area contributed by atoms with Gasteiger partial charge in [-0.3, -0.25) is 10.1 Å². The number of esters is 1. The van der Waals surface area contributed by atoms with Gasteiger partial charge in [-0.1, -0.05) is 81.4 Å². The molecule has 0 amide bonds. The Balaban J connectivity index is 2.22. The van der Waals surface area contributed by atoms with E-state index in [0.29, 0.717) is 0 Å². The monoisotopic (exact) mass is 309 g/mol. The Bertz CT molecular complexity index is 676. The molecule has 23 heavy (non-hydrogen) atoms. The van der Waals surface area contributed by atoms with Crippen molar-refractivity contribution in [3.05, 3.63) is 71.8 Å². The van der Waals surface area contributed by atoms with Gasteiger partial charge >= 0.3 is 5.97 Å². The lowest BCUT2D eigenvalue weighted by molar-refractivity contribution is -0.194. The Hall–Kier alpha value is -2.13. The summed E-state index contributed by atoms with van der Waals surface area (Å²) >= 11 is 0. The molecule has 0 unspecified atom stereocenters. The molecule has 0 aromatic heterocycles. The molecular formula is C20H23NO2. The summed E-state index contributed by atoms with van der Waals surface area (Å²) < 4.78 is 6.09. The lowest BCUT2D eigenvalue weighted by Crippen LogP contribution is -2.58. The van der Waals surface area contributed by atoms with Crippen LogP contribution in [-0.4, -0.2) is 12.5 Å². The molecule has 1 heterocycles. The molecule has 3 rings (SSSR count). The van der Waals surface area contributed by atoms with Crippen molar-refractivity contribution >= 4 is 5.97 Å². The van der Waals surface area contributed by atoms with Gasteiger partial charge in [-0.15, -0.1) is 0 Å². The van der Waals surface area contributed by atoms with Crippen LogP contribution < -0.4 is 5.32 Å². The van der Waals surface area contributed by atoms with Gasteiger partial charge in [0.15, 0.2) is 5.60 Å². The van der Waals surface area contributed by atoms with Crippen LogP contribution in [-0.2, 0) is 15.1 Å². The molecule has 1 fully saturated rings. The third-order valence-electron chi connectivity index (χ3n) is 4.58. The fourth-order valence-corrected chi connectivity index (χ4v) is 3.53. The molecule has 2 atom stereocenters. The van der Waals surface area contributed by atoms with E-state index < -0.39 is 5.60 Å². The lowest BCUT2D eigenvalue weighted by atomic mass is 9.65. The number of ether oxygens (including phenoxy) is 1. The van der Waals surface area contributed by atoms with Crippen LogP contribution in [0.2, 0.25) is 0 Å². The summed E-state index contributed by atoms with van der Waals surface area (Å²) in [5.74, 6) is -0.212. The van der Waals surface area contributed by atoms with Gasteiger partial charge in [0.25, 0.3) is 0 Å². The molecule has 3 heteroatoms. The first-order valence-corrected chi connectivity index (χ1v) is 8.01. The number of nitrogens with one attached hydrogen (secondary N) is 1. The third kappa shape index (κ3) is 2.66. The van der Waals surface area contributed by atoms with Gasteiger partial charge in [0.2, 0.25) is 0 Å². The molecule has 1 aliphatic heterocycles. The predicted octanol–water partition coefficient (Wildman–Crippen LogP) is 3.82. The highest BCUT2D eigenvalue weighted by atomic mass is 16.6. The van der Waals surface area contributed by atoms with E-state index in [1.807, 2.05) is 48.5 Å². The fraction of sp³-hybridized carbons (Fsp3) is 0.350. The molecule has 1 saturated heterocycles. The number of morpholine rings is 1. The van der Waals surface area contributed by atoms with Crippen molar-refractivity contribution in [2.24, 2.45) is 5.41 Å². The first kappa shape index (κ1) is 15.8. The molecule has 2 aromatic carbocycles. The van der Waals surface area contributed by atoms with E-state index in [-0.39, 0.29) is 24.0 Å². The van der Waals surface area contributed by atoms with Gasteiger partial charge in [-0.25, -0.2) is 0 Å². The highest BCUT2D eigenvalue weighted by molar-refractivity contribution is 5.74. The SMILES string of the molecule is CC(C)(C)[C@@]1(c2ccccc2)OC(=O)CN[C@@H]1c1ccccc1. The molecule has 3 nitrogen and oxygen atoms in total. The van der Waals surface area contributed by atoms with Crippen molar-refractivity contribution < 1.29 is 9.53 Å². The van der Waals surface area contributed by atoms with E-state index >= 15 is 0 Å². The number of hydrogen-bond donors (Lipinski definition) is 1. The van der Waals surface area contributed by atoms with Gasteiger partial charge in [-0.2, -0.15) is 0 Å². The summed E-state index contributed by atoms with van der Waals surface area (Å²) in [7, 11) is 0. The highest BCUT2D eigenvalue weighted by Gasteiger charge is 2.55. The minimum absolute atomic E-state index is 0.0937. The van der Waals surface area contributed by atoms with Crippen LogP contribution in [0, 0.1) is 5.41 Å². The molecular weight excluding hydrogens is 286 g/mol. The van der Waals surface area contributed by atoms with Crippen molar-refractivity contribution in [1.29, 1.82) is 0 Å². The normalized spacial score (nSPS) is 25.0. The van der Waals surface area contributed by atoms with Crippen molar-refractivity contribution in [1.82, 2.24) is 5.32 Å². The Labute approximate surface area is 137 Å². The maximum absolute atomic E-state index is 12.2. The second-order valence-corrected chi connectivity index (χ2v) is 7.05. The summed E-state index contributed by atoms with van der Waals surface area (Å²) in [6.45, 7) is 6.59. The van der Waals surface area contributed by atoms with Gasteiger partial charge in [-0.05, 0) is 11.1 Å². The van der Waals surface area contributed by atoms with Gasteiger partial charge < -0.3 is 4.74 Å². The number of rotatable bonds is 2. The smallest absolute Gasteiger partial charge is 0.320 e. The van der Waals surface area contributed by atoms with Crippen LogP contribution in [0.15, 0.2) is 60.7 Å². The lowest BCUT2D eigenvalue weighted by Gasteiger charge is -2.52. The minimum Gasteiger partial charge on any atom is -0.451 e. The molecule has 0 radical (unpaired) electrons. The molecule has 120 valence electrons. The van der Waals surface area contributed by atoms with Crippen LogP contribution in [0.3, 0.4) is 0 Å². The molecule has 1 aliphatic rings. The Morgan fingerprint density at radius 3 is 2.13 bits per heavy atom. The molecule has 0 bridgehead atoms. The van der Waals surface area contributed by atoms with E-state index in [1.54, 1.807) is 0 Å². The largest absolute Gasteiger partial charge is 0.451 e. The summed E-state index contributed by atoms with van der Waals surface area (Å²) in [6, 6.07) is 20.2. The third-order valence-corrected chi connectivity index (χ3v) is 4.58. The number of benzene rings is 2. The van der Waals surface area contributed by atoms with Crippen LogP contribution in [0.1, 0.15) is 37.9 Å². The van der Waals surface area contributed by atoms with Crippen LogP contribution in [0.4, 0.5) is 0 Å². The Kier molecular flexibility index (Phi) is 3.99. The Morgan fingerprint density at radius 1 is 1.00 bits per heavy atom. The zero-order valence-corrected chi connectivity index (χ0v) is 13.9. The zero-order valence-electron chi connectivity index (χ0n) is 13.9. The topological polar surface area (TPSA) is 38.3 Å². The molecule has 0 spiro atoms. The quantitative estimate of drug-likeness (QED) is 0.857. The molecule has 2 aromatic rings. The highest BCUT2D eigenvalue weighted by Crippen LogP contribution is 2.52. The van der Waals surface area contributed by atoms with Crippen molar-refractivity contribution in [2.45, 2.75) is 32.4 Å². The van der Waals surface area contributed by atoms with Crippen LogP contribution >= 0.6 is 0 Å². The second-order valence-electron chi connectivity index (χ2n) is 7.05. The number of cyclic esters (lactones) is 1. The minimum atomic E-state index is -0.759. The van der Waals surface area contributed by atoms with Crippen LogP contribution in [0.25, 0.3) is 0 Å². The van der Waals surface area contributed by atoms with Crippen LogP contribution in [0.5, 0.6) is 0 Å². The average Bonchev–Trinajstić information content (AvgIpc) is 2.55. The van der Waals surface area contributed by atoms with E-state index in [9.17, 15) is 4.79 Å². The molecule has 0 saturated carbocycles. The van der Waals surface area contributed by atoms with Gasteiger partial charge in [0, 0.05) is 5.41 Å². The van der Waals surface area contributed by atoms with E-state index in [1.165, 1.54) is 0 Å². The van der Waals surface area contributed by atoms with Crippen molar-refractivity contribution in [2.75, 3.05) is 6.54 Å². The van der Waals surface area contributed by atoms with Crippen molar-refractivity contribution in [3.63, 3.8) is 0 Å². The summed E-state index contributed by atoms with van der Waals surface area (Å²) in [5, 5.41) is 3.41. The summed E-state index contributed by atoms with van der Waals surface area (Å²) in [6.07, 6.45) is 0. The predicted molar refractivity (Wildman–Crippen MR) is 90.9 cm³/mol. The van der Waals surface area contributed by atoms with Gasteiger partial charge in [0.05, 0.1) is 12.6 Å². The maximum Gasteiger partial charge on any atom is 0.320 e. The van der Waals surface area contributed by atoms with E-state index in [2.05, 4.69) is 38.2 Å². The summed E-state index contributed by atoms with van der Waals surface area (Å²) in [4.78, 5) is 12.2. The number of carbonyl (C=O) groups is 1. The summed E-state index contributed by atoms with van der Waals surface area (Å²) in [5.41, 5.74) is 1.10. The average molecular weight is 309 g/mol. The fourth-order valence-electron chi connectivity index (χ4n) is 3.53. The zero-order chi connectivity index (χ0) is 16.5. The van der Waals surface area contributed by atoms with E-state index in [4.69, 9.17) is 4.74 Å². The van der Waals surface area contributed by atoms with Gasteiger partial charge in [0.1, 0.15) is 0 Å². The second kappa shape index (κ2) is 5.82. The number of carbonyl (C=O) groups excluding carboxylic acids is 1. The molecule has 0 aliphatic carbocycles. The molecule has 1 N–H and O–H groups in total.